The molecule has 262 valence electrons. The molecule has 4 aromatic heterocycles. The van der Waals surface area contributed by atoms with Crippen molar-refractivity contribution in [2.45, 2.75) is 0 Å². The second-order valence-electron chi connectivity index (χ2n) is 11.0. The van der Waals surface area contributed by atoms with E-state index in [1.807, 2.05) is 6.07 Å². The van der Waals surface area contributed by atoms with Crippen LogP contribution in [0.25, 0.3) is 46.0 Å². The number of carbonyl (C=O) groups is 6. The monoisotopic (exact) mass is 746 g/mol. The van der Waals surface area contributed by atoms with Crippen LogP contribution in [0.2, 0.25) is 0 Å². The fraction of sp³-hybridized carbons (Fsp3) is 0.0286. The molecule has 0 radical (unpaired) electrons. The molecular weight excluding hydrogens is 725 g/mol. The van der Waals surface area contributed by atoms with Gasteiger partial charge in [0.2, 0.25) is 0 Å². The Morgan fingerprint density at radius 2 is 1.19 bits per heavy atom. The number of imide groups is 2. The molecule has 2 saturated heterocycles. The van der Waals surface area contributed by atoms with Crippen LogP contribution in [0.15, 0.2) is 95.3 Å². The molecule has 2 aromatic carbocycles. The van der Waals surface area contributed by atoms with Gasteiger partial charge < -0.3 is 9.84 Å². The zero-order valence-corrected chi connectivity index (χ0v) is 28.7. The van der Waals surface area contributed by atoms with Gasteiger partial charge in [-0.1, -0.05) is 24.3 Å². The van der Waals surface area contributed by atoms with Crippen LogP contribution >= 0.6 is 23.5 Å². The second kappa shape index (κ2) is 14.4. The Labute approximate surface area is 306 Å². The molecule has 2 fully saturated rings. The lowest BCUT2D eigenvalue weighted by atomic mass is 10.1. The zero-order valence-electron chi connectivity index (χ0n) is 27.0. The molecule has 0 aliphatic carbocycles. The summed E-state index contributed by atoms with van der Waals surface area (Å²) in [5.74, 6) is -2.34. The Hall–Kier alpha value is -6.92. The van der Waals surface area contributed by atoms with E-state index < -0.39 is 34.2 Å². The first-order valence-electron chi connectivity index (χ1n) is 15.3. The van der Waals surface area contributed by atoms with Crippen molar-refractivity contribution in [1.82, 2.24) is 39.8 Å². The number of amides is 4. The van der Waals surface area contributed by atoms with Crippen molar-refractivity contribution in [3.05, 3.63) is 118 Å². The van der Waals surface area contributed by atoms with Gasteiger partial charge in [0.25, 0.3) is 22.3 Å². The predicted molar refractivity (Wildman–Crippen MR) is 193 cm³/mol. The number of thioether (sulfide) groups is 2. The normalized spacial score (nSPS) is 15.5. The maximum Gasteiger partial charge on any atom is 0.337 e. The summed E-state index contributed by atoms with van der Waals surface area (Å²) in [6, 6.07) is 16.9. The van der Waals surface area contributed by atoms with Crippen LogP contribution in [0.4, 0.5) is 9.59 Å². The molecular formula is C35H22N8O8S2. The fourth-order valence-electron chi connectivity index (χ4n) is 5.16. The minimum Gasteiger partial charge on any atom is -0.478 e. The van der Waals surface area contributed by atoms with Crippen LogP contribution in [0.3, 0.4) is 0 Å². The molecule has 0 unspecified atom stereocenters. The van der Waals surface area contributed by atoms with Crippen molar-refractivity contribution in [2.75, 3.05) is 7.11 Å². The van der Waals surface area contributed by atoms with Crippen molar-refractivity contribution < 1.29 is 38.6 Å². The van der Waals surface area contributed by atoms with E-state index in [2.05, 4.69) is 30.8 Å². The van der Waals surface area contributed by atoms with E-state index in [1.165, 1.54) is 23.8 Å². The number of methoxy groups -OCH3 is 1. The number of nitrogens with one attached hydrogen (secondary N) is 2. The molecule has 4 amide bonds. The second-order valence-corrected chi connectivity index (χ2v) is 13.1. The van der Waals surface area contributed by atoms with Gasteiger partial charge in [0, 0.05) is 34.6 Å². The molecule has 0 spiro atoms. The molecule has 16 nitrogen and oxygen atoms in total. The number of hydrogen-bond donors (Lipinski definition) is 3. The Morgan fingerprint density at radius 1 is 0.717 bits per heavy atom. The number of rotatable bonds is 6. The van der Waals surface area contributed by atoms with Gasteiger partial charge in [-0.15, -0.1) is 0 Å². The number of esters is 1. The first-order valence-corrected chi connectivity index (χ1v) is 16.9. The summed E-state index contributed by atoms with van der Waals surface area (Å²) in [5.41, 5.74) is 5.37. The Kier molecular flexibility index (Phi) is 9.36. The van der Waals surface area contributed by atoms with Gasteiger partial charge in [-0.25, -0.2) is 28.6 Å². The smallest absolute Gasteiger partial charge is 0.337 e. The van der Waals surface area contributed by atoms with E-state index >= 15 is 0 Å². The summed E-state index contributed by atoms with van der Waals surface area (Å²) in [6.07, 6.45) is 9.67. The first-order chi connectivity index (χ1) is 25.6. The SMILES string of the molecule is COC(=O)c1cccc(-c2ccn3ncc(/C=C4\SC(=O)NC4=O)c3n2)c1.O=C1NC(=O)/C(=C/c2cnn3ccc(-c4cccc(C(=O)O)c4)nc23)S1. The number of nitrogens with zero attached hydrogens (tertiary/aromatic N) is 6. The van der Waals surface area contributed by atoms with Crippen molar-refractivity contribution >= 4 is 81.2 Å². The molecule has 18 heteroatoms. The molecule has 0 bridgehead atoms. The Morgan fingerprint density at radius 3 is 1.62 bits per heavy atom. The quantitative estimate of drug-likeness (QED) is 0.152. The van der Waals surface area contributed by atoms with Crippen LogP contribution in [-0.2, 0) is 14.3 Å². The molecule has 0 saturated carbocycles. The van der Waals surface area contributed by atoms with Gasteiger partial charge in [-0.05, 0) is 72.1 Å². The van der Waals surface area contributed by atoms with Crippen LogP contribution in [0.5, 0.6) is 0 Å². The third-order valence-electron chi connectivity index (χ3n) is 7.63. The standard InChI is InChI=1S/C18H12N4O4S.C17H10N4O4S/c1-26-17(24)11-4-2-3-10(7-11)13-5-6-22-15(20-13)12(9-19-22)8-14-16(23)21-18(25)27-14;22-15-13(26-17(25)20-15)7-11-8-18-21-5-4-12(19-14(11)21)9-2-1-3-10(6-9)16(23)24/h2-9H,1H3,(H,21,23,25);1-8H,(H,23,24)(H,20,22,25)/b14-8-;13-7-. The molecule has 53 heavy (non-hydrogen) atoms. The van der Waals surface area contributed by atoms with E-state index in [9.17, 15) is 28.8 Å². The van der Waals surface area contributed by atoms with E-state index in [1.54, 1.807) is 83.9 Å². The van der Waals surface area contributed by atoms with Crippen molar-refractivity contribution in [3.63, 3.8) is 0 Å². The van der Waals surface area contributed by atoms with Gasteiger partial charge >= 0.3 is 11.9 Å². The van der Waals surface area contributed by atoms with Crippen molar-refractivity contribution in [2.24, 2.45) is 0 Å². The topological polar surface area (TPSA) is 216 Å². The lowest BCUT2D eigenvalue weighted by Gasteiger charge is -2.05. The minimum absolute atomic E-state index is 0.164. The van der Waals surface area contributed by atoms with E-state index in [4.69, 9.17) is 9.84 Å². The summed E-state index contributed by atoms with van der Waals surface area (Å²) in [6.45, 7) is 0. The maximum absolute atomic E-state index is 11.8. The molecule has 2 aliphatic rings. The highest BCUT2D eigenvalue weighted by Crippen LogP contribution is 2.29. The summed E-state index contributed by atoms with van der Waals surface area (Å²) >= 11 is 1.65. The molecule has 3 N–H and O–H groups in total. The number of ether oxygens (including phenoxy) is 1. The van der Waals surface area contributed by atoms with Gasteiger partial charge in [-0.2, -0.15) is 10.2 Å². The van der Waals surface area contributed by atoms with Crippen LogP contribution in [0, 0.1) is 0 Å². The molecule has 2 aliphatic heterocycles. The highest BCUT2D eigenvalue weighted by molar-refractivity contribution is 8.18. The van der Waals surface area contributed by atoms with Gasteiger partial charge in [0.15, 0.2) is 11.3 Å². The maximum atomic E-state index is 11.8. The van der Waals surface area contributed by atoms with E-state index in [0.717, 1.165) is 29.1 Å². The van der Waals surface area contributed by atoms with E-state index in [0.29, 0.717) is 44.9 Å². The number of benzene rings is 2. The third-order valence-corrected chi connectivity index (χ3v) is 9.26. The molecule has 6 heterocycles. The fourth-order valence-corrected chi connectivity index (χ4v) is 6.50. The average molecular weight is 747 g/mol. The summed E-state index contributed by atoms with van der Waals surface area (Å²) in [5, 5.41) is 21.1. The number of aromatic carboxylic acids is 1. The number of aromatic nitrogens is 6. The lowest BCUT2D eigenvalue weighted by molar-refractivity contribution is -0.116. The lowest BCUT2D eigenvalue weighted by Crippen LogP contribution is -2.17. The first kappa shape index (κ1) is 34.5. The zero-order chi connectivity index (χ0) is 37.2. The number of hydrogen-bond acceptors (Lipinski definition) is 13. The summed E-state index contributed by atoms with van der Waals surface area (Å²) in [4.78, 5) is 78.6. The van der Waals surface area contributed by atoms with Crippen molar-refractivity contribution in [3.8, 4) is 22.5 Å². The number of carbonyl (C=O) groups excluding carboxylic acids is 5. The Bertz CT molecular complexity index is 2610. The highest BCUT2D eigenvalue weighted by atomic mass is 32.2. The third kappa shape index (κ3) is 7.30. The average Bonchev–Trinajstić information content (AvgIpc) is 3.93. The van der Waals surface area contributed by atoms with Crippen LogP contribution in [-0.4, -0.2) is 75.6 Å². The molecule has 6 aromatic rings. The predicted octanol–water partition coefficient (Wildman–Crippen LogP) is 4.93. The van der Waals surface area contributed by atoms with Gasteiger partial charge in [0.1, 0.15) is 0 Å². The van der Waals surface area contributed by atoms with Crippen LogP contribution < -0.4 is 10.6 Å². The van der Waals surface area contributed by atoms with Crippen molar-refractivity contribution in [1.29, 1.82) is 0 Å². The summed E-state index contributed by atoms with van der Waals surface area (Å²) < 4.78 is 7.86. The van der Waals surface area contributed by atoms with Gasteiger partial charge in [-0.3, -0.25) is 29.8 Å². The van der Waals surface area contributed by atoms with Crippen LogP contribution in [0.1, 0.15) is 31.8 Å². The number of carboxylic acids is 1. The number of carboxylic acid groups (broad SMARTS) is 1. The minimum atomic E-state index is -1.02. The molecule has 8 rings (SSSR count). The van der Waals surface area contributed by atoms with E-state index in [-0.39, 0.29) is 15.4 Å². The summed E-state index contributed by atoms with van der Waals surface area (Å²) in [7, 11) is 1.33. The Balaban J connectivity index is 0.000000164. The highest BCUT2D eigenvalue weighted by Gasteiger charge is 2.26. The largest absolute Gasteiger partial charge is 0.478 e. The molecule has 0 atom stereocenters. The number of fused-ring (bicyclic) bond motifs is 2. The van der Waals surface area contributed by atoms with Gasteiger partial charge in [0.05, 0.1) is 51.8 Å².